The van der Waals surface area contributed by atoms with Crippen molar-refractivity contribution in [2.24, 2.45) is 4.99 Å². The van der Waals surface area contributed by atoms with Gasteiger partial charge in [-0.25, -0.2) is 0 Å². The van der Waals surface area contributed by atoms with Crippen LogP contribution in [-0.4, -0.2) is 35.2 Å². The van der Waals surface area contributed by atoms with Crippen LogP contribution >= 0.6 is 43.6 Å². The smallest absolute Gasteiger partial charge is 0.266 e. The van der Waals surface area contributed by atoms with Crippen LogP contribution in [0.1, 0.15) is 38.8 Å². The van der Waals surface area contributed by atoms with E-state index in [2.05, 4.69) is 36.9 Å². The summed E-state index contributed by atoms with van der Waals surface area (Å²) < 4.78 is 13.4. The zero-order valence-corrected chi connectivity index (χ0v) is 22.7. The predicted octanol–water partition coefficient (Wildman–Crippen LogP) is 6.89. The highest BCUT2D eigenvalue weighted by atomic mass is 79.9. The average molecular weight is 582 g/mol. The minimum Gasteiger partial charge on any atom is -0.493 e. The van der Waals surface area contributed by atoms with Gasteiger partial charge in [-0.1, -0.05) is 28.1 Å². The Balaban J connectivity index is 1.87. The fourth-order valence-corrected chi connectivity index (χ4v) is 5.17. The maximum Gasteiger partial charge on any atom is 0.266 e. The molecule has 2 aromatic rings. The second-order valence-electron chi connectivity index (χ2n) is 7.83. The molecule has 2 aromatic carbocycles. The number of carbonyl (C=O) groups excluding carboxylic acids is 1. The number of amides is 1. The second-order valence-corrected chi connectivity index (χ2v) is 10.6. The van der Waals surface area contributed by atoms with Crippen LogP contribution in [0.3, 0.4) is 0 Å². The lowest BCUT2D eigenvalue weighted by atomic mass is 10.1. The largest absolute Gasteiger partial charge is 0.493 e. The second kappa shape index (κ2) is 10.9. The van der Waals surface area contributed by atoms with Gasteiger partial charge >= 0.3 is 0 Å². The molecule has 170 valence electrons. The van der Waals surface area contributed by atoms with E-state index in [1.165, 1.54) is 11.8 Å². The molecule has 1 amide bonds. The lowest BCUT2D eigenvalue weighted by Gasteiger charge is -2.20. The van der Waals surface area contributed by atoms with Crippen molar-refractivity contribution in [3.8, 4) is 11.5 Å². The average Bonchev–Trinajstić information content (AvgIpc) is 3.02. The molecule has 1 aliphatic rings. The number of aliphatic imine (C=N–C) groups is 1. The molecule has 1 saturated heterocycles. The molecule has 0 aromatic heterocycles. The SMILES string of the molecule is COc1cc(/C=C2/SC(=NC(C)C)N(C(C)C)C2=O)cc(Br)c1OCc1ccc(Br)cc1. The summed E-state index contributed by atoms with van der Waals surface area (Å²) in [4.78, 5) is 20.0. The summed E-state index contributed by atoms with van der Waals surface area (Å²) in [5, 5.41) is 0.742. The van der Waals surface area contributed by atoms with Gasteiger partial charge in [0.15, 0.2) is 16.7 Å². The van der Waals surface area contributed by atoms with Gasteiger partial charge in [0.05, 0.1) is 16.5 Å². The predicted molar refractivity (Wildman–Crippen MR) is 139 cm³/mol. The van der Waals surface area contributed by atoms with Gasteiger partial charge < -0.3 is 9.47 Å². The molecule has 1 fully saturated rings. The first kappa shape index (κ1) is 24.9. The van der Waals surface area contributed by atoms with Gasteiger partial charge in [-0.15, -0.1) is 0 Å². The van der Waals surface area contributed by atoms with E-state index in [9.17, 15) is 4.79 Å². The van der Waals surface area contributed by atoms with Gasteiger partial charge in [0.2, 0.25) is 0 Å². The van der Waals surface area contributed by atoms with Crippen LogP contribution in [0.25, 0.3) is 6.08 Å². The van der Waals surface area contributed by atoms with E-state index in [1.807, 2.05) is 70.2 Å². The fraction of sp³-hybridized carbons (Fsp3) is 0.333. The normalized spacial score (nSPS) is 16.7. The number of halogens is 2. The van der Waals surface area contributed by atoms with Crippen LogP contribution in [0.15, 0.2) is 55.2 Å². The molecule has 0 spiro atoms. The van der Waals surface area contributed by atoms with Crippen molar-refractivity contribution in [2.45, 2.75) is 46.4 Å². The fourth-order valence-electron chi connectivity index (χ4n) is 3.10. The Morgan fingerprint density at radius 1 is 1.12 bits per heavy atom. The third-order valence-corrected chi connectivity index (χ3v) is 6.68. The molecule has 0 saturated carbocycles. The summed E-state index contributed by atoms with van der Waals surface area (Å²) in [6, 6.07) is 11.9. The molecule has 3 rings (SSSR count). The summed E-state index contributed by atoms with van der Waals surface area (Å²) in [6.45, 7) is 8.42. The number of ether oxygens (including phenoxy) is 2. The van der Waals surface area contributed by atoms with Crippen molar-refractivity contribution >= 4 is 60.8 Å². The number of amidine groups is 1. The van der Waals surface area contributed by atoms with Crippen molar-refractivity contribution in [3.05, 3.63) is 61.4 Å². The first-order chi connectivity index (χ1) is 15.2. The Hall–Kier alpha value is -1.77. The van der Waals surface area contributed by atoms with Gasteiger partial charge in [-0.3, -0.25) is 14.7 Å². The maximum absolute atomic E-state index is 13.0. The molecule has 5 nitrogen and oxygen atoms in total. The van der Waals surface area contributed by atoms with Gasteiger partial charge in [-0.05, 0) is 96.9 Å². The van der Waals surface area contributed by atoms with Crippen molar-refractivity contribution in [1.29, 1.82) is 0 Å². The summed E-state index contributed by atoms with van der Waals surface area (Å²) >= 11 is 8.45. The Kier molecular flexibility index (Phi) is 8.47. The van der Waals surface area contributed by atoms with E-state index in [0.717, 1.165) is 25.2 Å². The van der Waals surface area contributed by atoms with Crippen molar-refractivity contribution in [1.82, 2.24) is 4.90 Å². The zero-order chi connectivity index (χ0) is 23.4. The molecule has 0 aliphatic carbocycles. The van der Waals surface area contributed by atoms with Crippen molar-refractivity contribution < 1.29 is 14.3 Å². The van der Waals surface area contributed by atoms with Gasteiger partial charge in [0, 0.05) is 16.6 Å². The van der Waals surface area contributed by atoms with Crippen LogP contribution in [0.2, 0.25) is 0 Å². The molecular weight excluding hydrogens is 556 g/mol. The number of hydrogen-bond donors (Lipinski definition) is 0. The molecular formula is C24H26Br2N2O3S. The minimum absolute atomic E-state index is 0.0324. The van der Waals surface area contributed by atoms with Crippen molar-refractivity contribution in [3.63, 3.8) is 0 Å². The number of nitrogens with zero attached hydrogens (tertiary/aromatic N) is 2. The zero-order valence-electron chi connectivity index (χ0n) is 18.7. The van der Waals surface area contributed by atoms with E-state index < -0.39 is 0 Å². The standard InChI is InChI=1S/C24H26Br2N2O3S/c1-14(2)27-24-28(15(3)4)23(29)21(32-24)12-17-10-19(26)22(20(11-17)30-5)31-13-16-6-8-18(25)9-7-16/h6-12,14-15H,13H2,1-5H3/b21-12+,27-24?. The number of carbonyl (C=O) groups is 1. The van der Waals surface area contributed by atoms with Crippen LogP contribution in [0.4, 0.5) is 0 Å². The first-order valence-electron chi connectivity index (χ1n) is 10.2. The number of hydrogen-bond acceptors (Lipinski definition) is 5. The first-order valence-corrected chi connectivity index (χ1v) is 12.7. The molecule has 1 aliphatic heterocycles. The van der Waals surface area contributed by atoms with E-state index in [0.29, 0.717) is 23.0 Å². The maximum atomic E-state index is 13.0. The monoisotopic (exact) mass is 580 g/mol. The third kappa shape index (κ3) is 5.97. The highest BCUT2D eigenvalue weighted by Crippen LogP contribution is 2.40. The molecule has 0 radical (unpaired) electrons. The summed E-state index contributed by atoms with van der Waals surface area (Å²) in [5.41, 5.74) is 1.89. The van der Waals surface area contributed by atoms with Crippen molar-refractivity contribution in [2.75, 3.05) is 7.11 Å². The molecule has 32 heavy (non-hydrogen) atoms. The van der Waals surface area contributed by atoms with Crippen LogP contribution in [0.5, 0.6) is 11.5 Å². The molecule has 1 heterocycles. The summed E-state index contributed by atoms with van der Waals surface area (Å²) in [7, 11) is 1.61. The van der Waals surface area contributed by atoms with E-state index in [1.54, 1.807) is 12.0 Å². The Morgan fingerprint density at radius 3 is 2.41 bits per heavy atom. The summed E-state index contributed by atoms with van der Waals surface area (Å²) in [6.07, 6.45) is 1.87. The Bertz CT molecular complexity index is 1050. The lowest BCUT2D eigenvalue weighted by molar-refractivity contribution is -0.123. The highest BCUT2D eigenvalue weighted by molar-refractivity contribution is 9.10. The Labute approximate surface area is 210 Å². The van der Waals surface area contributed by atoms with Crippen LogP contribution in [0, 0.1) is 0 Å². The molecule has 0 atom stereocenters. The topological polar surface area (TPSA) is 51.1 Å². The van der Waals surface area contributed by atoms with Gasteiger partial charge in [-0.2, -0.15) is 0 Å². The molecule has 0 unspecified atom stereocenters. The minimum atomic E-state index is -0.0324. The number of benzene rings is 2. The molecule has 8 heteroatoms. The molecule has 0 bridgehead atoms. The third-order valence-electron chi connectivity index (χ3n) is 4.57. The van der Waals surface area contributed by atoms with Crippen LogP contribution in [-0.2, 0) is 11.4 Å². The van der Waals surface area contributed by atoms with E-state index in [-0.39, 0.29) is 18.0 Å². The number of rotatable bonds is 7. The number of methoxy groups -OCH3 is 1. The quantitative estimate of drug-likeness (QED) is 0.334. The van der Waals surface area contributed by atoms with E-state index in [4.69, 9.17) is 9.47 Å². The molecule has 0 N–H and O–H groups in total. The summed E-state index contributed by atoms with van der Waals surface area (Å²) in [5.74, 6) is 1.18. The van der Waals surface area contributed by atoms with Gasteiger partial charge in [0.1, 0.15) is 6.61 Å². The highest BCUT2D eigenvalue weighted by Gasteiger charge is 2.35. The lowest BCUT2D eigenvalue weighted by Crippen LogP contribution is -2.35. The van der Waals surface area contributed by atoms with Gasteiger partial charge in [0.25, 0.3) is 5.91 Å². The van der Waals surface area contributed by atoms with E-state index >= 15 is 0 Å². The number of thioether (sulfide) groups is 1. The van der Waals surface area contributed by atoms with Crippen LogP contribution < -0.4 is 9.47 Å². The Morgan fingerprint density at radius 2 is 1.81 bits per heavy atom.